The van der Waals surface area contributed by atoms with Gasteiger partial charge in [0, 0.05) is 50.9 Å². The lowest BCUT2D eigenvalue weighted by Crippen LogP contribution is -2.52. The lowest BCUT2D eigenvalue weighted by molar-refractivity contribution is 0.0734. The molecule has 29 heavy (non-hydrogen) atoms. The van der Waals surface area contributed by atoms with Gasteiger partial charge in [-0.15, -0.1) is 0 Å². The van der Waals surface area contributed by atoms with Crippen LogP contribution < -0.4 is 15.2 Å². The van der Waals surface area contributed by atoms with Gasteiger partial charge in [-0.3, -0.25) is 4.90 Å². The minimum atomic E-state index is -3.57. The maximum Gasteiger partial charge on any atom is 0.240 e. The fraction of sp³-hybridized carbons (Fsp3) is 0.714. The van der Waals surface area contributed by atoms with Gasteiger partial charge in [-0.1, -0.05) is 0 Å². The molecule has 0 unspecified atom stereocenters. The minimum Gasteiger partial charge on any atom is -0.495 e. The fourth-order valence-corrected chi connectivity index (χ4v) is 6.00. The number of ether oxygens (including phenoxy) is 1. The zero-order valence-corrected chi connectivity index (χ0v) is 18.2. The van der Waals surface area contributed by atoms with Crippen molar-refractivity contribution in [2.24, 2.45) is 5.92 Å². The van der Waals surface area contributed by atoms with E-state index >= 15 is 0 Å². The van der Waals surface area contributed by atoms with Gasteiger partial charge in [-0.25, -0.2) is 13.1 Å². The largest absolute Gasteiger partial charge is 0.495 e. The molecule has 8 heteroatoms. The summed E-state index contributed by atoms with van der Waals surface area (Å²) in [6, 6.07) is 5.19. The van der Waals surface area contributed by atoms with Gasteiger partial charge in [-0.05, 0) is 56.6 Å². The first-order valence-electron chi connectivity index (χ1n) is 10.9. The molecule has 4 rings (SSSR count). The third-order valence-corrected chi connectivity index (χ3v) is 8.19. The molecular weight excluding hydrogens is 388 g/mol. The van der Waals surface area contributed by atoms with Crippen molar-refractivity contribution in [1.29, 1.82) is 0 Å². The van der Waals surface area contributed by atoms with Crippen molar-refractivity contribution in [3.63, 3.8) is 0 Å². The van der Waals surface area contributed by atoms with Crippen molar-refractivity contribution in [3.8, 4) is 5.75 Å². The van der Waals surface area contributed by atoms with E-state index in [1.165, 1.54) is 51.7 Å². The van der Waals surface area contributed by atoms with Crippen LogP contribution in [-0.2, 0) is 10.0 Å². The fourth-order valence-electron chi connectivity index (χ4n) is 4.68. The number of nitrogen functional groups attached to an aromatic ring is 1. The van der Waals surface area contributed by atoms with Crippen LogP contribution in [0.2, 0.25) is 0 Å². The summed E-state index contributed by atoms with van der Waals surface area (Å²) in [7, 11) is -2.08. The van der Waals surface area contributed by atoms with Gasteiger partial charge in [0.15, 0.2) is 0 Å². The summed E-state index contributed by atoms with van der Waals surface area (Å²) in [5.74, 6) is 1.35. The number of nitrogens with one attached hydrogen (secondary N) is 1. The van der Waals surface area contributed by atoms with E-state index in [2.05, 4.69) is 14.5 Å². The van der Waals surface area contributed by atoms with Crippen molar-refractivity contribution in [2.75, 3.05) is 45.6 Å². The molecule has 1 heterocycles. The number of nitrogens with two attached hydrogens (primary N) is 1. The second kappa shape index (κ2) is 8.79. The molecule has 162 valence electrons. The molecule has 3 fully saturated rings. The highest BCUT2D eigenvalue weighted by molar-refractivity contribution is 7.89. The summed E-state index contributed by atoms with van der Waals surface area (Å²) in [5, 5.41) is 0. The number of anilines is 1. The first-order valence-corrected chi connectivity index (χ1v) is 12.3. The van der Waals surface area contributed by atoms with E-state index in [1.807, 2.05) is 0 Å². The number of hydrogen-bond donors (Lipinski definition) is 2. The lowest BCUT2D eigenvalue weighted by atomic mass is 9.90. The van der Waals surface area contributed by atoms with Crippen LogP contribution in [0.3, 0.4) is 0 Å². The van der Waals surface area contributed by atoms with Gasteiger partial charge >= 0.3 is 0 Å². The molecule has 1 aromatic carbocycles. The number of piperazine rings is 1. The van der Waals surface area contributed by atoms with Crippen LogP contribution in [0, 0.1) is 5.92 Å². The van der Waals surface area contributed by atoms with Crippen LogP contribution in [0.5, 0.6) is 5.75 Å². The third-order valence-electron chi connectivity index (χ3n) is 6.67. The van der Waals surface area contributed by atoms with Crippen molar-refractivity contribution >= 4 is 15.7 Å². The number of benzene rings is 1. The van der Waals surface area contributed by atoms with Gasteiger partial charge in [0.2, 0.25) is 10.0 Å². The molecule has 0 atom stereocenters. The Morgan fingerprint density at radius 3 is 2.38 bits per heavy atom. The first kappa shape index (κ1) is 20.9. The number of nitrogens with zero attached hydrogens (tertiary/aromatic N) is 2. The summed E-state index contributed by atoms with van der Waals surface area (Å²) in [4.78, 5) is 5.45. The predicted octanol–water partition coefficient (Wildman–Crippen LogP) is 1.89. The molecule has 0 amide bonds. The molecule has 2 aliphatic carbocycles. The highest BCUT2D eigenvalue weighted by atomic mass is 32.2. The van der Waals surface area contributed by atoms with Crippen LogP contribution in [0.4, 0.5) is 5.69 Å². The maximum atomic E-state index is 12.8. The van der Waals surface area contributed by atoms with Crippen LogP contribution in [0.15, 0.2) is 23.1 Å². The van der Waals surface area contributed by atoms with Gasteiger partial charge in [0.1, 0.15) is 5.75 Å². The monoisotopic (exact) mass is 422 g/mol. The summed E-state index contributed by atoms with van der Waals surface area (Å²) in [6.45, 7) is 5.96. The zero-order chi connectivity index (χ0) is 20.4. The van der Waals surface area contributed by atoms with Gasteiger partial charge in [0.25, 0.3) is 0 Å². The standard InChI is InChI=1S/C21H34N4O3S/c1-28-21-14-19(8-9-20(21)22)29(26,27)23-17-4-6-18(7-5-17)25-12-10-24(11-13-25)15-16-2-3-16/h8-9,14,16-18,23H,2-7,10-13,15,22H2,1H3. The molecular formula is C21H34N4O3S. The Hall–Kier alpha value is -1.35. The Kier molecular flexibility index (Phi) is 6.34. The highest BCUT2D eigenvalue weighted by Crippen LogP contribution is 2.31. The average Bonchev–Trinajstić information content (AvgIpc) is 3.53. The molecule has 2 saturated carbocycles. The molecule has 7 nitrogen and oxygen atoms in total. The third kappa shape index (κ3) is 5.23. The van der Waals surface area contributed by atoms with E-state index < -0.39 is 10.0 Å². The van der Waals surface area contributed by atoms with Crippen molar-refractivity contribution < 1.29 is 13.2 Å². The molecule has 0 spiro atoms. The number of rotatable bonds is 7. The van der Waals surface area contributed by atoms with Gasteiger partial charge < -0.3 is 15.4 Å². The van der Waals surface area contributed by atoms with Gasteiger partial charge in [0.05, 0.1) is 17.7 Å². The quantitative estimate of drug-likeness (QED) is 0.653. The van der Waals surface area contributed by atoms with E-state index in [4.69, 9.17) is 10.5 Å². The normalized spacial score (nSPS) is 27.1. The summed E-state index contributed by atoms with van der Waals surface area (Å²) >= 11 is 0. The Morgan fingerprint density at radius 2 is 1.76 bits per heavy atom. The smallest absolute Gasteiger partial charge is 0.240 e. The molecule has 1 aromatic rings. The van der Waals surface area contributed by atoms with Gasteiger partial charge in [-0.2, -0.15) is 0 Å². The van der Waals surface area contributed by atoms with E-state index in [0.717, 1.165) is 44.7 Å². The molecule has 3 aliphatic rings. The number of methoxy groups -OCH3 is 1. The Morgan fingerprint density at radius 1 is 1.07 bits per heavy atom. The van der Waals surface area contributed by atoms with Crippen LogP contribution in [-0.4, -0.2) is 70.1 Å². The van der Waals surface area contributed by atoms with E-state index in [0.29, 0.717) is 17.5 Å². The summed E-state index contributed by atoms with van der Waals surface area (Å²) < 4.78 is 33.6. The topological polar surface area (TPSA) is 87.9 Å². The summed E-state index contributed by atoms with van der Waals surface area (Å²) in [5.41, 5.74) is 6.24. The molecule has 1 saturated heterocycles. The SMILES string of the molecule is COc1cc(S(=O)(=O)NC2CCC(N3CCN(CC4CC4)CC3)CC2)ccc1N. The van der Waals surface area contributed by atoms with Crippen molar-refractivity contribution in [1.82, 2.24) is 14.5 Å². The average molecular weight is 423 g/mol. The second-order valence-electron chi connectivity index (χ2n) is 8.81. The van der Waals surface area contributed by atoms with Crippen LogP contribution in [0.25, 0.3) is 0 Å². The first-order chi connectivity index (χ1) is 13.9. The zero-order valence-electron chi connectivity index (χ0n) is 17.3. The van der Waals surface area contributed by atoms with Crippen molar-refractivity contribution in [2.45, 2.75) is 55.5 Å². The van der Waals surface area contributed by atoms with E-state index in [9.17, 15) is 8.42 Å². The van der Waals surface area contributed by atoms with Crippen molar-refractivity contribution in [3.05, 3.63) is 18.2 Å². The lowest BCUT2D eigenvalue weighted by Gasteiger charge is -2.42. The Bertz CT molecular complexity index is 796. The van der Waals surface area contributed by atoms with Crippen LogP contribution >= 0.6 is 0 Å². The second-order valence-corrected chi connectivity index (χ2v) is 10.5. The minimum absolute atomic E-state index is 0.00375. The highest BCUT2D eigenvalue weighted by Gasteiger charge is 2.32. The Labute approximate surface area is 174 Å². The molecule has 0 radical (unpaired) electrons. The molecule has 1 aliphatic heterocycles. The number of hydrogen-bond acceptors (Lipinski definition) is 6. The predicted molar refractivity (Wildman–Crippen MR) is 115 cm³/mol. The Balaban J connectivity index is 1.26. The number of sulfonamides is 1. The van der Waals surface area contributed by atoms with E-state index in [1.54, 1.807) is 6.07 Å². The maximum absolute atomic E-state index is 12.8. The molecule has 0 aromatic heterocycles. The summed E-state index contributed by atoms with van der Waals surface area (Å²) in [6.07, 6.45) is 6.73. The molecule has 3 N–H and O–H groups in total. The van der Waals surface area contributed by atoms with E-state index in [-0.39, 0.29) is 10.9 Å². The van der Waals surface area contributed by atoms with Crippen LogP contribution in [0.1, 0.15) is 38.5 Å². The molecule has 0 bridgehead atoms.